The van der Waals surface area contributed by atoms with E-state index in [-0.39, 0.29) is 0 Å². The second-order valence-electron chi connectivity index (χ2n) is 3.28. The second-order valence-corrected chi connectivity index (χ2v) is 5.00. The van der Waals surface area contributed by atoms with E-state index >= 15 is 0 Å². The molecule has 0 fully saturated rings. The fourth-order valence-corrected chi connectivity index (χ4v) is 2.56. The van der Waals surface area contributed by atoms with Crippen molar-refractivity contribution < 1.29 is 0 Å². The first-order valence-electron chi connectivity index (χ1n) is 4.60. The Hall–Kier alpha value is -1.59. The Balaban J connectivity index is 2.29. The van der Waals surface area contributed by atoms with Gasteiger partial charge >= 0.3 is 0 Å². The first kappa shape index (κ1) is 9.62. The van der Waals surface area contributed by atoms with Crippen LogP contribution in [0, 0.1) is 0 Å². The molecule has 4 nitrogen and oxygen atoms in total. The van der Waals surface area contributed by atoms with E-state index in [1.165, 1.54) is 11.3 Å². The zero-order valence-corrected chi connectivity index (χ0v) is 9.66. The predicted octanol–water partition coefficient (Wildman–Crippen LogP) is 2.69. The van der Waals surface area contributed by atoms with Gasteiger partial charge in [0, 0.05) is 6.20 Å². The molecule has 0 spiro atoms. The summed E-state index contributed by atoms with van der Waals surface area (Å²) in [5, 5.41) is 8.18. The Kier molecular flexibility index (Phi) is 2.08. The molecule has 16 heavy (non-hydrogen) atoms. The lowest BCUT2D eigenvalue weighted by Crippen LogP contribution is -1.92. The molecule has 0 aliphatic heterocycles. The van der Waals surface area contributed by atoms with Gasteiger partial charge in [0.1, 0.15) is 0 Å². The summed E-state index contributed by atoms with van der Waals surface area (Å²) in [6.45, 7) is 0. The number of thiophene rings is 1. The number of aromatic nitrogens is 3. The number of hydrogen-bond donors (Lipinski definition) is 1. The third kappa shape index (κ3) is 1.36. The Bertz CT molecular complexity index is 658. The van der Waals surface area contributed by atoms with Crippen molar-refractivity contribution in [1.82, 2.24) is 14.6 Å². The van der Waals surface area contributed by atoms with E-state index in [9.17, 15) is 0 Å². The molecule has 0 unspecified atom stereocenters. The highest BCUT2D eigenvalue weighted by molar-refractivity contribution is 7.19. The molecule has 0 amide bonds. The molecule has 3 heterocycles. The van der Waals surface area contributed by atoms with Gasteiger partial charge in [-0.1, -0.05) is 11.6 Å². The van der Waals surface area contributed by atoms with E-state index < -0.39 is 0 Å². The van der Waals surface area contributed by atoms with E-state index in [0.717, 1.165) is 15.0 Å². The number of nitrogen functional groups attached to an aromatic ring is 1. The summed E-state index contributed by atoms with van der Waals surface area (Å²) in [5.74, 6) is 0.763. The molecule has 0 aromatic carbocycles. The van der Waals surface area contributed by atoms with Crippen molar-refractivity contribution in [3.63, 3.8) is 0 Å². The molecule has 0 saturated heterocycles. The highest BCUT2D eigenvalue weighted by Gasteiger charge is 2.11. The van der Waals surface area contributed by atoms with Crippen LogP contribution in [-0.2, 0) is 0 Å². The van der Waals surface area contributed by atoms with Crippen LogP contribution in [0.4, 0.5) is 5.69 Å². The molecular weight excluding hydrogens is 244 g/mol. The van der Waals surface area contributed by atoms with Crippen molar-refractivity contribution in [2.24, 2.45) is 0 Å². The van der Waals surface area contributed by atoms with Gasteiger partial charge in [0.2, 0.25) is 0 Å². The van der Waals surface area contributed by atoms with E-state index in [4.69, 9.17) is 17.3 Å². The largest absolute Gasteiger partial charge is 0.396 e. The van der Waals surface area contributed by atoms with Crippen LogP contribution in [0.2, 0.25) is 4.34 Å². The maximum absolute atomic E-state index is 5.90. The number of hydrogen-bond acceptors (Lipinski definition) is 4. The van der Waals surface area contributed by atoms with Crippen molar-refractivity contribution in [3.05, 3.63) is 34.8 Å². The first-order chi connectivity index (χ1) is 7.75. The summed E-state index contributed by atoms with van der Waals surface area (Å²) in [6.07, 6.45) is 1.88. The summed E-state index contributed by atoms with van der Waals surface area (Å²) in [4.78, 5) is 0.975. The number of nitrogens with zero attached hydrogens (tertiary/aromatic N) is 3. The summed E-state index contributed by atoms with van der Waals surface area (Å²) in [7, 11) is 0. The average Bonchev–Trinajstić information content (AvgIpc) is 2.84. The van der Waals surface area contributed by atoms with Gasteiger partial charge in [-0.25, -0.2) is 0 Å². The Morgan fingerprint density at radius 1 is 1.25 bits per heavy atom. The SMILES string of the molecule is Nc1cccn2c(-c3ccc(Cl)s3)nnc12. The van der Waals surface area contributed by atoms with E-state index in [1.807, 2.05) is 28.8 Å². The van der Waals surface area contributed by atoms with Crippen LogP contribution in [0.5, 0.6) is 0 Å². The molecule has 0 radical (unpaired) electrons. The normalized spacial score (nSPS) is 11.1. The van der Waals surface area contributed by atoms with Gasteiger partial charge in [0.15, 0.2) is 11.5 Å². The van der Waals surface area contributed by atoms with E-state index in [0.29, 0.717) is 11.3 Å². The maximum atomic E-state index is 5.90. The van der Waals surface area contributed by atoms with Gasteiger partial charge in [-0.05, 0) is 24.3 Å². The van der Waals surface area contributed by atoms with Gasteiger partial charge in [-0.3, -0.25) is 4.40 Å². The Morgan fingerprint density at radius 2 is 2.12 bits per heavy atom. The maximum Gasteiger partial charge on any atom is 0.184 e. The van der Waals surface area contributed by atoms with Crippen LogP contribution in [-0.4, -0.2) is 14.6 Å². The molecule has 0 saturated carbocycles. The topological polar surface area (TPSA) is 56.2 Å². The molecule has 0 aliphatic carbocycles. The first-order valence-corrected chi connectivity index (χ1v) is 5.80. The fourth-order valence-electron chi connectivity index (χ4n) is 1.54. The van der Waals surface area contributed by atoms with E-state index in [1.54, 1.807) is 6.07 Å². The number of pyridine rings is 1. The molecule has 6 heteroatoms. The molecular formula is C10H7ClN4S. The minimum atomic E-state index is 0.615. The molecule has 2 N–H and O–H groups in total. The van der Waals surface area contributed by atoms with Crippen molar-refractivity contribution in [2.75, 3.05) is 5.73 Å². The highest BCUT2D eigenvalue weighted by Crippen LogP contribution is 2.30. The molecule has 0 atom stereocenters. The Labute approximate surface area is 100 Å². The highest BCUT2D eigenvalue weighted by atomic mass is 35.5. The second kappa shape index (κ2) is 3.47. The standard InChI is InChI=1S/C10H7ClN4S/c11-8-4-3-7(16-8)10-14-13-9-6(12)2-1-5-15(9)10/h1-5H,12H2. The minimum Gasteiger partial charge on any atom is -0.396 e. The smallest absolute Gasteiger partial charge is 0.184 e. The van der Waals surface area contributed by atoms with Crippen LogP contribution in [0.15, 0.2) is 30.5 Å². The number of anilines is 1. The predicted molar refractivity (Wildman–Crippen MR) is 65.7 cm³/mol. The van der Waals surface area contributed by atoms with Gasteiger partial charge < -0.3 is 5.73 Å². The zero-order valence-electron chi connectivity index (χ0n) is 8.09. The van der Waals surface area contributed by atoms with Gasteiger partial charge in [-0.15, -0.1) is 21.5 Å². The van der Waals surface area contributed by atoms with Crippen LogP contribution in [0.3, 0.4) is 0 Å². The summed E-state index contributed by atoms with van der Waals surface area (Å²) in [6, 6.07) is 7.43. The molecule has 3 aromatic rings. The third-order valence-electron chi connectivity index (χ3n) is 2.26. The quantitative estimate of drug-likeness (QED) is 0.722. The number of halogens is 1. The van der Waals surface area contributed by atoms with Gasteiger partial charge in [-0.2, -0.15) is 0 Å². The van der Waals surface area contributed by atoms with Crippen LogP contribution >= 0.6 is 22.9 Å². The van der Waals surface area contributed by atoms with Crippen LogP contribution in [0.25, 0.3) is 16.3 Å². The monoisotopic (exact) mass is 250 g/mol. The number of rotatable bonds is 1. The van der Waals surface area contributed by atoms with Crippen molar-refractivity contribution in [3.8, 4) is 10.7 Å². The average molecular weight is 251 g/mol. The third-order valence-corrected chi connectivity index (χ3v) is 3.49. The summed E-state index contributed by atoms with van der Waals surface area (Å²) in [5.41, 5.74) is 7.09. The molecule has 3 rings (SSSR count). The summed E-state index contributed by atoms with van der Waals surface area (Å²) < 4.78 is 2.59. The lowest BCUT2D eigenvalue weighted by Gasteiger charge is -1.97. The van der Waals surface area contributed by atoms with Gasteiger partial charge in [0.25, 0.3) is 0 Å². The van der Waals surface area contributed by atoms with Crippen molar-refractivity contribution in [2.45, 2.75) is 0 Å². The van der Waals surface area contributed by atoms with Crippen molar-refractivity contribution in [1.29, 1.82) is 0 Å². The number of nitrogens with two attached hydrogens (primary N) is 1. The zero-order chi connectivity index (χ0) is 11.1. The molecule has 0 aliphatic rings. The van der Waals surface area contributed by atoms with E-state index in [2.05, 4.69) is 10.2 Å². The van der Waals surface area contributed by atoms with Crippen LogP contribution < -0.4 is 5.73 Å². The van der Waals surface area contributed by atoms with Crippen molar-refractivity contribution >= 4 is 34.3 Å². The fraction of sp³-hybridized carbons (Fsp3) is 0. The number of fused-ring (bicyclic) bond motifs is 1. The van der Waals surface area contributed by atoms with Crippen LogP contribution in [0.1, 0.15) is 0 Å². The van der Waals surface area contributed by atoms with Gasteiger partial charge in [0.05, 0.1) is 14.9 Å². The lowest BCUT2D eigenvalue weighted by atomic mass is 10.4. The molecule has 80 valence electrons. The summed E-state index contributed by atoms with van der Waals surface area (Å²) >= 11 is 7.36. The lowest BCUT2D eigenvalue weighted by molar-refractivity contribution is 1.12. The molecule has 3 aromatic heterocycles. The minimum absolute atomic E-state index is 0.615. The molecule has 0 bridgehead atoms. The Morgan fingerprint density at radius 3 is 2.88 bits per heavy atom.